The van der Waals surface area contributed by atoms with Crippen molar-refractivity contribution in [1.29, 1.82) is 0 Å². The molecule has 0 heterocycles. The largest absolute Gasteiger partial charge is 0.324 e. The minimum atomic E-state index is -3.41. The molecule has 128 valence electrons. The first-order valence-corrected chi connectivity index (χ1v) is 9.62. The standard InChI is InChI=1S/C17H19ClN2O3S/c1-12(13-7-9-14(18)10-8-13)19-11-17(21)20-15-5-3-4-6-16(15)24(2,22)23/h3-10,12,19H,11H2,1-2H3,(H,20,21)/t12-/m0/s1. The van der Waals surface area contributed by atoms with Gasteiger partial charge in [0.15, 0.2) is 9.84 Å². The molecule has 7 heteroatoms. The zero-order valence-electron chi connectivity index (χ0n) is 13.4. The van der Waals surface area contributed by atoms with E-state index in [1.807, 2.05) is 19.1 Å². The summed E-state index contributed by atoms with van der Waals surface area (Å²) in [5.74, 6) is -0.313. The van der Waals surface area contributed by atoms with Crippen molar-refractivity contribution in [1.82, 2.24) is 5.32 Å². The van der Waals surface area contributed by atoms with Crippen LogP contribution < -0.4 is 10.6 Å². The molecule has 2 aromatic rings. The Bertz CT molecular complexity index is 820. The maximum Gasteiger partial charge on any atom is 0.238 e. The number of carbonyl (C=O) groups excluding carboxylic acids is 1. The first kappa shape index (κ1) is 18.4. The van der Waals surface area contributed by atoms with Gasteiger partial charge in [0.1, 0.15) is 0 Å². The third-order valence-electron chi connectivity index (χ3n) is 3.50. The summed E-state index contributed by atoms with van der Waals surface area (Å²) in [7, 11) is -3.41. The molecule has 5 nitrogen and oxygen atoms in total. The van der Waals surface area contributed by atoms with Gasteiger partial charge < -0.3 is 10.6 Å². The number of sulfone groups is 1. The number of hydrogen-bond donors (Lipinski definition) is 2. The number of para-hydroxylation sites is 1. The molecule has 0 spiro atoms. The molecule has 0 saturated carbocycles. The smallest absolute Gasteiger partial charge is 0.238 e. The van der Waals surface area contributed by atoms with E-state index < -0.39 is 9.84 Å². The second kappa shape index (κ2) is 7.79. The predicted octanol–water partition coefficient (Wildman–Crippen LogP) is 3.03. The summed E-state index contributed by atoms with van der Waals surface area (Å²) >= 11 is 5.85. The predicted molar refractivity (Wildman–Crippen MR) is 96.1 cm³/mol. The maximum absolute atomic E-state index is 12.1. The summed E-state index contributed by atoms with van der Waals surface area (Å²) < 4.78 is 23.5. The van der Waals surface area contributed by atoms with E-state index in [0.717, 1.165) is 11.8 Å². The highest BCUT2D eigenvalue weighted by Gasteiger charge is 2.15. The zero-order chi connectivity index (χ0) is 17.7. The number of hydrogen-bond acceptors (Lipinski definition) is 4. The van der Waals surface area contributed by atoms with Crippen LogP contribution in [0.5, 0.6) is 0 Å². The van der Waals surface area contributed by atoms with E-state index in [2.05, 4.69) is 10.6 Å². The molecule has 0 aromatic heterocycles. The lowest BCUT2D eigenvalue weighted by Crippen LogP contribution is -2.30. The van der Waals surface area contributed by atoms with Crippen molar-refractivity contribution in [2.75, 3.05) is 18.1 Å². The van der Waals surface area contributed by atoms with Crippen LogP contribution in [-0.4, -0.2) is 27.1 Å². The van der Waals surface area contributed by atoms with Gasteiger partial charge in [0, 0.05) is 17.3 Å². The molecule has 1 amide bonds. The van der Waals surface area contributed by atoms with E-state index in [9.17, 15) is 13.2 Å². The lowest BCUT2D eigenvalue weighted by Gasteiger charge is -2.15. The molecule has 0 aliphatic heterocycles. The first-order chi connectivity index (χ1) is 11.3. The molecule has 0 bridgehead atoms. The molecular formula is C17H19ClN2O3S. The van der Waals surface area contributed by atoms with Crippen LogP contribution in [0.1, 0.15) is 18.5 Å². The van der Waals surface area contributed by atoms with Gasteiger partial charge in [-0.15, -0.1) is 0 Å². The normalized spacial score (nSPS) is 12.6. The van der Waals surface area contributed by atoms with Crippen molar-refractivity contribution in [2.45, 2.75) is 17.9 Å². The van der Waals surface area contributed by atoms with Crippen LogP contribution >= 0.6 is 11.6 Å². The third-order valence-corrected chi connectivity index (χ3v) is 4.91. The molecule has 2 aromatic carbocycles. The number of rotatable bonds is 6. The number of carbonyl (C=O) groups is 1. The average Bonchev–Trinajstić information content (AvgIpc) is 2.53. The van der Waals surface area contributed by atoms with Crippen molar-refractivity contribution in [3.63, 3.8) is 0 Å². The first-order valence-electron chi connectivity index (χ1n) is 7.35. The fourth-order valence-electron chi connectivity index (χ4n) is 2.20. The quantitative estimate of drug-likeness (QED) is 0.824. The van der Waals surface area contributed by atoms with Gasteiger partial charge >= 0.3 is 0 Å². The summed E-state index contributed by atoms with van der Waals surface area (Å²) in [6.45, 7) is 1.99. The van der Waals surface area contributed by atoms with Gasteiger partial charge in [0.25, 0.3) is 0 Å². The number of amides is 1. The van der Waals surface area contributed by atoms with E-state index in [1.54, 1.807) is 30.3 Å². The molecule has 0 radical (unpaired) electrons. The molecule has 2 rings (SSSR count). The fraction of sp³-hybridized carbons (Fsp3) is 0.235. The number of nitrogens with one attached hydrogen (secondary N) is 2. The zero-order valence-corrected chi connectivity index (χ0v) is 15.0. The molecular weight excluding hydrogens is 348 g/mol. The average molecular weight is 367 g/mol. The minimum absolute atomic E-state index is 0.0434. The van der Waals surface area contributed by atoms with Crippen molar-refractivity contribution < 1.29 is 13.2 Å². The van der Waals surface area contributed by atoms with Crippen LogP contribution in [0.25, 0.3) is 0 Å². The van der Waals surface area contributed by atoms with E-state index >= 15 is 0 Å². The lowest BCUT2D eigenvalue weighted by molar-refractivity contribution is -0.115. The Kier molecular flexibility index (Phi) is 5.99. The van der Waals surface area contributed by atoms with Gasteiger partial charge in [-0.2, -0.15) is 0 Å². The molecule has 0 unspecified atom stereocenters. The van der Waals surface area contributed by atoms with Crippen LogP contribution in [0.2, 0.25) is 5.02 Å². The Morgan fingerprint density at radius 3 is 2.38 bits per heavy atom. The van der Waals surface area contributed by atoms with E-state index in [1.165, 1.54) is 6.07 Å². The topological polar surface area (TPSA) is 75.3 Å². The Balaban J connectivity index is 1.98. The molecule has 0 aliphatic rings. The second-order valence-corrected chi connectivity index (χ2v) is 7.89. The molecule has 1 atom stereocenters. The SMILES string of the molecule is C[C@H](NCC(=O)Nc1ccccc1S(C)(=O)=O)c1ccc(Cl)cc1. The van der Waals surface area contributed by atoms with E-state index in [4.69, 9.17) is 11.6 Å². The summed E-state index contributed by atoms with van der Waals surface area (Å²) in [6.07, 6.45) is 1.11. The molecule has 2 N–H and O–H groups in total. The fourth-order valence-corrected chi connectivity index (χ4v) is 3.17. The van der Waals surface area contributed by atoms with Crippen LogP contribution in [-0.2, 0) is 14.6 Å². The van der Waals surface area contributed by atoms with Gasteiger partial charge in [0.05, 0.1) is 17.1 Å². The second-order valence-electron chi connectivity index (χ2n) is 5.47. The monoisotopic (exact) mass is 366 g/mol. The molecule has 24 heavy (non-hydrogen) atoms. The van der Waals surface area contributed by atoms with Gasteiger partial charge in [-0.1, -0.05) is 35.9 Å². The summed E-state index contributed by atoms with van der Waals surface area (Å²) in [6, 6.07) is 13.6. The Labute approximate surface area is 147 Å². The van der Waals surface area contributed by atoms with Crippen LogP contribution in [0.15, 0.2) is 53.4 Å². The Morgan fingerprint density at radius 2 is 1.75 bits per heavy atom. The highest BCUT2D eigenvalue weighted by molar-refractivity contribution is 7.90. The Hall–Kier alpha value is -1.89. The van der Waals surface area contributed by atoms with Crippen molar-refractivity contribution in [2.24, 2.45) is 0 Å². The Morgan fingerprint density at radius 1 is 1.12 bits per heavy atom. The summed E-state index contributed by atoms with van der Waals surface area (Å²) in [5.41, 5.74) is 1.29. The van der Waals surface area contributed by atoms with Crippen molar-refractivity contribution >= 4 is 33.0 Å². The molecule has 0 fully saturated rings. The summed E-state index contributed by atoms with van der Waals surface area (Å²) in [4.78, 5) is 12.2. The van der Waals surface area contributed by atoms with Gasteiger partial charge in [0.2, 0.25) is 5.91 Å². The van der Waals surface area contributed by atoms with Gasteiger partial charge in [-0.25, -0.2) is 8.42 Å². The van der Waals surface area contributed by atoms with Crippen LogP contribution in [0, 0.1) is 0 Å². The maximum atomic E-state index is 12.1. The van der Waals surface area contributed by atoms with Crippen molar-refractivity contribution in [3.8, 4) is 0 Å². The van der Waals surface area contributed by atoms with E-state index in [-0.39, 0.29) is 29.1 Å². The minimum Gasteiger partial charge on any atom is -0.324 e. The van der Waals surface area contributed by atoms with E-state index in [0.29, 0.717) is 5.02 Å². The molecule has 0 aliphatic carbocycles. The van der Waals surface area contributed by atoms with Gasteiger partial charge in [-0.05, 0) is 36.8 Å². The highest BCUT2D eigenvalue weighted by Crippen LogP contribution is 2.20. The number of anilines is 1. The number of benzene rings is 2. The number of halogens is 1. The van der Waals surface area contributed by atoms with Crippen LogP contribution in [0.3, 0.4) is 0 Å². The molecule has 0 saturated heterocycles. The lowest BCUT2D eigenvalue weighted by atomic mass is 10.1. The van der Waals surface area contributed by atoms with Crippen LogP contribution in [0.4, 0.5) is 5.69 Å². The van der Waals surface area contributed by atoms with Gasteiger partial charge in [-0.3, -0.25) is 4.79 Å². The highest BCUT2D eigenvalue weighted by atomic mass is 35.5. The third kappa shape index (κ3) is 5.06. The summed E-state index contributed by atoms with van der Waals surface area (Å²) in [5, 5.41) is 6.38. The van der Waals surface area contributed by atoms with Crippen molar-refractivity contribution in [3.05, 3.63) is 59.1 Å².